The van der Waals surface area contributed by atoms with Crippen LogP contribution in [0.25, 0.3) is 0 Å². The number of rotatable bonds is 3. The maximum absolute atomic E-state index is 10.7. The molecule has 2 rings (SSSR count). The molecule has 80 valence electrons. The smallest absolute Gasteiger partial charge is 0.307 e. The maximum Gasteiger partial charge on any atom is 0.307 e. The van der Waals surface area contributed by atoms with Gasteiger partial charge in [-0.25, -0.2) is 0 Å². The van der Waals surface area contributed by atoms with E-state index in [0.29, 0.717) is 6.54 Å². The number of hydrogen-bond acceptors (Lipinski definition) is 2. The van der Waals surface area contributed by atoms with Crippen LogP contribution in [0.1, 0.15) is 18.1 Å². The molecule has 1 aliphatic heterocycles. The molecule has 1 N–H and O–H groups in total. The Morgan fingerprint density at radius 3 is 2.40 bits per heavy atom. The van der Waals surface area contributed by atoms with Crippen LogP contribution < -0.4 is 0 Å². The molecule has 0 aromatic heterocycles. The first-order valence-corrected chi connectivity index (χ1v) is 5.19. The van der Waals surface area contributed by atoms with Gasteiger partial charge in [-0.3, -0.25) is 9.69 Å². The summed E-state index contributed by atoms with van der Waals surface area (Å²) in [4.78, 5) is 12.9. The van der Waals surface area contributed by atoms with Crippen molar-refractivity contribution in [2.24, 2.45) is 5.92 Å². The second-order valence-electron chi connectivity index (χ2n) is 4.18. The van der Waals surface area contributed by atoms with Crippen LogP contribution >= 0.6 is 0 Å². The monoisotopic (exact) mass is 205 g/mol. The minimum Gasteiger partial charge on any atom is -0.481 e. The van der Waals surface area contributed by atoms with Crippen LogP contribution in [-0.2, 0) is 17.9 Å². The van der Waals surface area contributed by atoms with Crippen molar-refractivity contribution in [3.63, 3.8) is 0 Å². The lowest BCUT2D eigenvalue weighted by Crippen LogP contribution is -2.27. The van der Waals surface area contributed by atoms with Crippen molar-refractivity contribution in [1.29, 1.82) is 0 Å². The molecule has 3 heteroatoms. The van der Waals surface area contributed by atoms with Crippen LogP contribution in [0, 0.1) is 5.92 Å². The highest BCUT2D eigenvalue weighted by Crippen LogP contribution is 2.22. The quantitative estimate of drug-likeness (QED) is 0.816. The molecular weight excluding hydrogens is 190 g/mol. The molecule has 1 atom stereocenters. The Kier molecular flexibility index (Phi) is 2.73. The molecule has 1 heterocycles. The van der Waals surface area contributed by atoms with Crippen molar-refractivity contribution < 1.29 is 9.90 Å². The van der Waals surface area contributed by atoms with Crippen LogP contribution in [0.2, 0.25) is 0 Å². The summed E-state index contributed by atoms with van der Waals surface area (Å²) < 4.78 is 0. The van der Waals surface area contributed by atoms with Gasteiger partial charge in [-0.2, -0.15) is 0 Å². The predicted octanol–water partition coefficient (Wildman–Crippen LogP) is 1.72. The zero-order valence-electron chi connectivity index (χ0n) is 8.81. The van der Waals surface area contributed by atoms with Crippen molar-refractivity contribution >= 4 is 5.97 Å². The van der Waals surface area contributed by atoms with Gasteiger partial charge in [-0.05, 0) is 11.1 Å². The van der Waals surface area contributed by atoms with E-state index >= 15 is 0 Å². The first-order valence-electron chi connectivity index (χ1n) is 5.19. The molecule has 0 spiro atoms. The number of aliphatic carboxylic acids is 1. The van der Waals surface area contributed by atoms with E-state index in [2.05, 4.69) is 17.0 Å². The minimum absolute atomic E-state index is 0.292. The van der Waals surface area contributed by atoms with E-state index in [1.54, 1.807) is 6.92 Å². The van der Waals surface area contributed by atoms with Gasteiger partial charge >= 0.3 is 5.97 Å². The molecule has 0 fully saturated rings. The normalized spacial score (nSPS) is 17.4. The van der Waals surface area contributed by atoms with Crippen LogP contribution in [0.15, 0.2) is 24.3 Å². The van der Waals surface area contributed by atoms with E-state index in [4.69, 9.17) is 5.11 Å². The highest BCUT2D eigenvalue weighted by Gasteiger charge is 2.22. The lowest BCUT2D eigenvalue weighted by atomic mass is 10.1. The largest absolute Gasteiger partial charge is 0.481 e. The van der Waals surface area contributed by atoms with Gasteiger partial charge in [0, 0.05) is 19.6 Å². The fraction of sp³-hybridized carbons (Fsp3) is 0.417. The minimum atomic E-state index is -0.717. The summed E-state index contributed by atoms with van der Waals surface area (Å²) in [5, 5.41) is 8.83. The number of hydrogen-bond donors (Lipinski definition) is 1. The second-order valence-corrected chi connectivity index (χ2v) is 4.18. The van der Waals surface area contributed by atoms with Crippen LogP contribution in [0.3, 0.4) is 0 Å². The van der Waals surface area contributed by atoms with Gasteiger partial charge in [0.05, 0.1) is 5.92 Å². The SMILES string of the molecule is CC(CN1Cc2ccccc2C1)C(=O)O. The summed E-state index contributed by atoms with van der Waals surface area (Å²) in [6, 6.07) is 8.29. The average Bonchev–Trinajstić information content (AvgIpc) is 2.59. The van der Waals surface area contributed by atoms with Gasteiger partial charge in [0.25, 0.3) is 0 Å². The molecule has 3 nitrogen and oxygen atoms in total. The Hall–Kier alpha value is -1.35. The van der Waals surface area contributed by atoms with Gasteiger partial charge in [0.1, 0.15) is 0 Å². The Morgan fingerprint density at radius 2 is 1.93 bits per heavy atom. The third kappa shape index (κ3) is 2.18. The average molecular weight is 205 g/mol. The summed E-state index contributed by atoms with van der Waals surface area (Å²) in [7, 11) is 0. The van der Waals surface area contributed by atoms with Gasteiger partial charge in [0.2, 0.25) is 0 Å². The predicted molar refractivity (Wildman–Crippen MR) is 57.4 cm³/mol. The number of carboxylic acids is 1. The number of carboxylic acid groups (broad SMARTS) is 1. The van der Waals surface area contributed by atoms with E-state index in [1.165, 1.54) is 11.1 Å². The van der Waals surface area contributed by atoms with E-state index in [1.807, 2.05) is 12.1 Å². The van der Waals surface area contributed by atoms with Crippen LogP contribution in [0.5, 0.6) is 0 Å². The molecule has 0 saturated carbocycles. The third-order valence-corrected chi connectivity index (χ3v) is 2.86. The molecule has 1 aromatic rings. The first kappa shape index (κ1) is 10.2. The zero-order chi connectivity index (χ0) is 10.8. The highest BCUT2D eigenvalue weighted by molar-refractivity contribution is 5.69. The molecule has 0 radical (unpaired) electrons. The molecule has 15 heavy (non-hydrogen) atoms. The van der Waals surface area contributed by atoms with Crippen LogP contribution in [0.4, 0.5) is 0 Å². The maximum atomic E-state index is 10.7. The van der Waals surface area contributed by atoms with E-state index in [9.17, 15) is 4.79 Å². The van der Waals surface area contributed by atoms with E-state index in [0.717, 1.165) is 13.1 Å². The molecule has 1 aliphatic rings. The zero-order valence-corrected chi connectivity index (χ0v) is 8.81. The van der Waals surface area contributed by atoms with Gasteiger partial charge in [0.15, 0.2) is 0 Å². The van der Waals surface area contributed by atoms with Gasteiger partial charge < -0.3 is 5.11 Å². The van der Waals surface area contributed by atoms with E-state index in [-0.39, 0.29) is 5.92 Å². The second kappa shape index (κ2) is 4.03. The molecule has 0 amide bonds. The summed E-state index contributed by atoms with van der Waals surface area (Å²) >= 11 is 0. The van der Waals surface area contributed by atoms with Crippen molar-refractivity contribution in [2.45, 2.75) is 20.0 Å². The topological polar surface area (TPSA) is 40.5 Å². The third-order valence-electron chi connectivity index (χ3n) is 2.86. The summed E-state index contributed by atoms with van der Waals surface area (Å²) in [5.74, 6) is -1.01. The molecule has 1 aromatic carbocycles. The Morgan fingerprint density at radius 1 is 1.40 bits per heavy atom. The standard InChI is InChI=1S/C12H15NO2/c1-9(12(14)15)6-13-7-10-4-2-3-5-11(10)8-13/h2-5,9H,6-8H2,1H3,(H,14,15). The van der Waals surface area contributed by atoms with Gasteiger partial charge in [-0.1, -0.05) is 31.2 Å². The molecule has 0 aliphatic carbocycles. The highest BCUT2D eigenvalue weighted by atomic mass is 16.4. The van der Waals surface area contributed by atoms with E-state index < -0.39 is 5.97 Å². The molecular formula is C12H15NO2. The van der Waals surface area contributed by atoms with Crippen molar-refractivity contribution in [1.82, 2.24) is 4.90 Å². The number of nitrogens with zero attached hydrogens (tertiary/aromatic N) is 1. The number of benzene rings is 1. The van der Waals surface area contributed by atoms with Crippen molar-refractivity contribution in [2.75, 3.05) is 6.54 Å². The Labute approximate surface area is 89.3 Å². The molecule has 0 bridgehead atoms. The number of carbonyl (C=O) groups is 1. The van der Waals surface area contributed by atoms with Crippen LogP contribution in [-0.4, -0.2) is 22.5 Å². The first-order chi connectivity index (χ1) is 7.16. The fourth-order valence-corrected chi connectivity index (χ4v) is 2.00. The summed E-state index contributed by atoms with van der Waals surface area (Å²) in [6.07, 6.45) is 0. The van der Waals surface area contributed by atoms with Gasteiger partial charge in [-0.15, -0.1) is 0 Å². The lowest BCUT2D eigenvalue weighted by Gasteiger charge is -2.17. The Bertz CT molecular complexity index is 351. The summed E-state index contributed by atoms with van der Waals surface area (Å²) in [5.41, 5.74) is 2.66. The Balaban J connectivity index is 1.99. The van der Waals surface area contributed by atoms with Crippen molar-refractivity contribution in [3.8, 4) is 0 Å². The number of fused-ring (bicyclic) bond motifs is 1. The molecule has 0 saturated heterocycles. The summed E-state index contributed by atoms with van der Waals surface area (Å²) in [6.45, 7) is 4.15. The fourth-order valence-electron chi connectivity index (χ4n) is 2.00. The lowest BCUT2D eigenvalue weighted by molar-refractivity contribution is -0.141. The van der Waals surface area contributed by atoms with Crippen molar-refractivity contribution in [3.05, 3.63) is 35.4 Å². The molecule has 1 unspecified atom stereocenters.